The van der Waals surface area contributed by atoms with Gasteiger partial charge in [0.15, 0.2) is 0 Å². The molecular formula is C14H32N2O. The lowest BCUT2D eigenvalue weighted by Crippen LogP contribution is -2.38. The first-order valence-corrected chi connectivity index (χ1v) is 7.39. The molecule has 0 saturated heterocycles. The van der Waals surface area contributed by atoms with Gasteiger partial charge in [0.05, 0.1) is 6.61 Å². The summed E-state index contributed by atoms with van der Waals surface area (Å²) >= 11 is 0. The van der Waals surface area contributed by atoms with Gasteiger partial charge in [-0.2, -0.15) is 0 Å². The minimum absolute atomic E-state index is 0.331. The van der Waals surface area contributed by atoms with Crippen LogP contribution in [0.3, 0.4) is 0 Å². The Morgan fingerprint density at radius 1 is 0.941 bits per heavy atom. The Morgan fingerprint density at radius 2 is 1.59 bits per heavy atom. The Balaban J connectivity index is 3.25. The van der Waals surface area contributed by atoms with Crippen LogP contribution >= 0.6 is 0 Å². The van der Waals surface area contributed by atoms with Crippen LogP contribution in [0.2, 0.25) is 0 Å². The number of ether oxygens (including phenoxy) is 1. The first-order valence-electron chi connectivity index (χ1n) is 7.39. The molecule has 3 heteroatoms. The third-order valence-electron chi connectivity index (χ3n) is 3.06. The number of rotatable bonds is 13. The maximum Gasteiger partial charge on any atom is 0.0633 e. The van der Waals surface area contributed by atoms with Crippen LogP contribution < -0.4 is 11.3 Å². The number of hydrogen-bond donors (Lipinski definition) is 2. The second-order valence-electron chi connectivity index (χ2n) is 4.85. The Morgan fingerprint density at radius 3 is 2.18 bits per heavy atom. The highest BCUT2D eigenvalue weighted by Crippen LogP contribution is 2.09. The third-order valence-corrected chi connectivity index (χ3v) is 3.06. The molecule has 0 aromatic heterocycles. The zero-order valence-electron chi connectivity index (χ0n) is 11.8. The molecule has 0 aliphatic heterocycles. The maximum absolute atomic E-state index is 5.51. The highest BCUT2D eigenvalue weighted by molar-refractivity contribution is 4.62. The van der Waals surface area contributed by atoms with Crippen molar-refractivity contribution in [3.05, 3.63) is 0 Å². The van der Waals surface area contributed by atoms with E-state index in [0.29, 0.717) is 6.04 Å². The highest BCUT2D eigenvalue weighted by atomic mass is 16.5. The van der Waals surface area contributed by atoms with Gasteiger partial charge in [0.25, 0.3) is 0 Å². The van der Waals surface area contributed by atoms with Crippen molar-refractivity contribution in [2.45, 2.75) is 77.7 Å². The van der Waals surface area contributed by atoms with Crippen molar-refractivity contribution in [1.82, 2.24) is 5.43 Å². The van der Waals surface area contributed by atoms with E-state index in [9.17, 15) is 0 Å². The van der Waals surface area contributed by atoms with Gasteiger partial charge >= 0.3 is 0 Å². The second kappa shape index (κ2) is 13.9. The standard InChI is InChI=1S/C14H32N2O/c1-3-5-6-7-8-9-10-11-14(16-15)13-17-12-4-2/h14,16H,3-13,15H2,1-2H3. The number of nitrogens with two attached hydrogens (primary N) is 1. The van der Waals surface area contributed by atoms with Crippen molar-refractivity contribution in [2.75, 3.05) is 13.2 Å². The van der Waals surface area contributed by atoms with Gasteiger partial charge in [0.1, 0.15) is 0 Å². The average molecular weight is 244 g/mol. The second-order valence-corrected chi connectivity index (χ2v) is 4.85. The summed E-state index contributed by atoms with van der Waals surface area (Å²) in [6.07, 6.45) is 11.7. The van der Waals surface area contributed by atoms with Gasteiger partial charge in [-0.1, -0.05) is 58.8 Å². The first kappa shape index (κ1) is 16.9. The Bertz CT molecular complexity index is 142. The van der Waals surface area contributed by atoms with Crippen LogP contribution in [0.4, 0.5) is 0 Å². The number of hydrazine groups is 1. The Kier molecular flexibility index (Phi) is 13.8. The van der Waals surface area contributed by atoms with Gasteiger partial charge in [0.2, 0.25) is 0 Å². The molecule has 1 atom stereocenters. The molecule has 3 nitrogen and oxygen atoms in total. The molecule has 0 amide bonds. The molecule has 0 radical (unpaired) electrons. The van der Waals surface area contributed by atoms with Crippen molar-refractivity contribution < 1.29 is 4.74 Å². The summed E-state index contributed by atoms with van der Waals surface area (Å²) in [5.41, 5.74) is 2.85. The zero-order valence-corrected chi connectivity index (χ0v) is 11.8. The van der Waals surface area contributed by atoms with Crippen LogP contribution in [-0.2, 0) is 4.74 Å². The van der Waals surface area contributed by atoms with Gasteiger partial charge in [0, 0.05) is 12.6 Å². The van der Waals surface area contributed by atoms with Gasteiger partial charge in [-0.3, -0.25) is 11.3 Å². The van der Waals surface area contributed by atoms with Crippen LogP contribution in [0.15, 0.2) is 0 Å². The highest BCUT2D eigenvalue weighted by Gasteiger charge is 2.05. The van der Waals surface area contributed by atoms with E-state index in [1.165, 1.54) is 44.9 Å². The zero-order chi connectivity index (χ0) is 12.8. The summed E-state index contributed by atoms with van der Waals surface area (Å²) in [4.78, 5) is 0. The maximum atomic E-state index is 5.51. The summed E-state index contributed by atoms with van der Waals surface area (Å²) in [6.45, 7) is 5.98. The topological polar surface area (TPSA) is 47.3 Å². The third kappa shape index (κ3) is 12.1. The monoisotopic (exact) mass is 244 g/mol. The van der Waals surface area contributed by atoms with Crippen LogP contribution in [0.25, 0.3) is 0 Å². The molecule has 1 unspecified atom stereocenters. The van der Waals surface area contributed by atoms with Gasteiger partial charge in [-0.25, -0.2) is 0 Å². The molecule has 0 bridgehead atoms. The van der Waals surface area contributed by atoms with E-state index in [4.69, 9.17) is 10.6 Å². The van der Waals surface area contributed by atoms with E-state index in [1.807, 2.05) is 0 Å². The minimum atomic E-state index is 0.331. The van der Waals surface area contributed by atoms with Crippen molar-refractivity contribution in [2.24, 2.45) is 5.84 Å². The summed E-state index contributed by atoms with van der Waals surface area (Å²) in [5.74, 6) is 5.51. The quantitative estimate of drug-likeness (QED) is 0.296. The van der Waals surface area contributed by atoms with Crippen molar-refractivity contribution in [3.63, 3.8) is 0 Å². The van der Waals surface area contributed by atoms with E-state index in [0.717, 1.165) is 26.1 Å². The lowest BCUT2D eigenvalue weighted by molar-refractivity contribution is 0.108. The molecule has 0 aromatic rings. The van der Waals surface area contributed by atoms with E-state index in [1.54, 1.807) is 0 Å². The fraction of sp³-hybridized carbons (Fsp3) is 1.00. The largest absolute Gasteiger partial charge is 0.380 e. The van der Waals surface area contributed by atoms with Gasteiger partial charge in [-0.15, -0.1) is 0 Å². The number of nitrogens with one attached hydrogen (secondary N) is 1. The molecule has 0 rings (SSSR count). The SMILES string of the molecule is CCCCCCCCCC(COCCC)NN. The molecule has 3 N–H and O–H groups in total. The molecule has 0 heterocycles. The fourth-order valence-corrected chi connectivity index (χ4v) is 1.93. The molecule has 0 fully saturated rings. The van der Waals surface area contributed by atoms with Crippen molar-refractivity contribution >= 4 is 0 Å². The van der Waals surface area contributed by atoms with Crippen LogP contribution in [0.5, 0.6) is 0 Å². The average Bonchev–Trinajstić information content (AvgIpc) is 2.35. The van der Waals surface area contributed by atoms with E-state index < -0.39 is 0 Å². The molecule has 104 valence electrons. The predicted octanol–water partition coefficient (Wildman–Crippen LogP) is 3.39. The lowest BCUT2D eigenvalue weighted by atomic mass is 10.1. The molecule has 0 saturated carbocycles. The Labute approximate surface area is 107 Å². The van der Waals surface area contributed by atoms with Crippen LogP contribution in [0, 0.1) is 0 Å². The molecule has 0 aliphatic rings. The van der Waals surface area contributed by atoms with E-state index in [-0.39, 0.29) is 0 Å². The van der Waals surface area contributed by atoms with Crippen LogP contribution in [0.1, 0.15) is 71.6 Å². The van der Waals surface area contributed by atoms with Crippen LogP contribution in [-0.4, -0.2) is 19.3 Å². The van der Waals surface area contributed by atoms with Gasteiger partial charge in [-0.05, 0) is 12.8 Å². The van der Waals surface area contributed by atoms with Crippen molar-refractivity contribution in [3.8, 4) is 0 Å². The molecular weight excluding hydrogens is 212 g/mol. The molecule has 0 aromatic carbocycles. The predicted molar refractivity (Wildman–Crippen MR) is 74.8 cm³/mol. The van der Waals surface area contributed by atoms with Gasteiger partial charge < -0.3 is 4.74 Å². The summed E-state index contributed by atoms with van der Waals surface area (Å²) in [6, 6.07) is 0.331. The number of hydrogen-bond acceptors (Lipinski definition) is 3. The van der Waals surface area contributed by atoms with E-state index in [2.05, 4.69) is 19.3 Å². The first-order chi connectivity index (χ1) is 8.35. The molecule has 17 heavy (non-hydrogen) atoms. The molecule has 0 aliphatic carbocycles. The summed E-state index contributed by atoms with van der Waals surface area (Å²) < 4.78 is 5.50. The van der Waals surface area contributed by atoms with E-state index >= 15 is 0 Å². The van der Waals surface area contributed by atoms with Crippen molar-refractivity contribution in [1.29, 1.82) is 0 Å². The number of unbranched alkanes of at least 4 members (excludes halogenated alkanes) is 6. The normalized spacial score (nSPS) is 12.9. The smallest absolute Gasteiger partial charge is 0.0633 e. The fourth-order valence-electron chi connectivity index (χ4n) is 1.93. The molecule has 0 spiro atoms. The minimum Gasteiger partial charge on any atom is -0.380 e. The summed E-state index contributed by atoms with van der Waals surface area (Å²) in [5, 5.41) is 0. The summed E-state index contributed by atoms with van der Waals surface area (Å²) in [7, 11) is 0. The Hall–Kier alpha value is -0.120. The lowest BCUT2D eigenvalue weighted by Gasteiger charge is -2.15.